The molecule has 1 heterocycles. The van der Waals surface area contributed by atoms with E-state index in [0.717, 1.165) is 0 Å². The number of carbonyl (C=O) groups excluding carboxylic acids is 2. The molecule has 0 saturated carbocycles. The van der Waals surface area contributed by atoms with Gasteiger partial charge in [-0.2, -0.15) is 0 Å². The summed E-state index contributed by atoms with van der Waals surface area (Å²) in [4.78, 5) is 34.8. The van der Waals surface area contributed by atoms with Gasteiger partial charge < -0.3 is 15.3 Å². The second-order valence-electron chi connectivity index (χ2n) is 3.92. The van der Waals surface area contributed by atoms with E-state index >= 15 is 0 Å². The average molecular weight is 240 g/mol. The molecule has 1 saturated heterocycles. The van der Waals surface area contributed by atoms with Crippen molar-refractivity contribution in [2.45, 2.75) is 12.8 Å². The summed E-state index contributed by atoms with van der Waals surface area (Å²) in [5, 5.41) is 10.8. The summed E-state index contributed by atoms with van der Waals surface area (Å²) < 4.78 is 0. The van der Waals surface area contributed by atoms with E-state index in [1.54, 1.807) is 4.90 Å². The SMILES string of the molecule is C=CC(=O)N1CCC(C(=O)NCC(=O)O)CC1. The van der Waals surface area contributed by atoms with Gasteiger partial charge in [0, 0.05) is 19.0 Å². The Morgan fingerprint density at radius 2 is 1.94 bits per heavy atom. The molecule has 0 bridgehead atoms. The Morgan fingerprint density at radius 1 is 1.35 bits per heavy atom. The Morgan fingerprint density at radius 3 is 2.41 bits per heavy atom. The van der Waals surface area contributed by atoms with Crippen LogP contribution in [0.25, 0.3) is 0 Å². The van der Waals surface area contributed by atoms with Gasteiger partial charge in [-0.1, -0.05) is 6.58 Å². The zero-order valence-corrected chi connectivity index (χ0v) is 9.52. The van der Waals surface area contributed by atoms with Crippen LogP contribution in [0, 0.1) is 5.92 Å². The third-order valence-electron chi connectivity index (χ3n) is 2.77. The number of carboxylic acids is 1. The molecule has 0 spiro atoms. The second-order valence-corrected chi connectivity index (χ2v) is 3.92. The molecule has 1 aliphatic heterocycles. The van der Waals surface area contributed by atoms with E-state index in [9.17, 15) is 14.4 Å². The van der Waals surface area contributed by atoms with Crippen molar-refractivity contribution in [2.75, 3.05) is 19.6 Å². The third-order valence-corrected chi connectivity index (χ3v) is 2.77. The minimum Gasteiger partial charge on any atom is -0.480 e. The quantitative estimate of drug-likeness (QED) is 0.655. The molecular weight excluding hydrogens is 224 g/mol. The van der Waals surface area contributed by atoms with Gasteiger partial charge in [0.15, 0.2) is 0 Å². The van der Waals surface area contributed by atoms with E-state index in [1.165, 1.54) is 6.08 Å². The van der Waals surface area contributed by atoms with Crippen molar-refractivity contribution in [2.24, 2.45) is 5.92 Å². The molecule has 0 unspecified atom stereocenters. The number of nitrogens with one attached hydrogen (secondary N) is 1. The number of piperidine rings is 1. The minimum absolute atomic E-state index is 0.130. The Labute approximate surface area is 99.3 Å². The summed E-state index contributed by atoms with van der Waals surface area (Å²) in [7, 11) is 0. The first-order chi connectivity index (χ1) is 8.04. The predicted octanol–water partition coefficient (Wildman–Crippen LogP) is -0.388. The van der Waals surface area contributed by atoms with Gasteiger partial charge in [-0.25, -0.2) is 0 Å². The fourth-order valence-corrected chi connectivity index (χ4v) is 1.80. The largest absolute Gasteiger partial charge is 0.480 e. The first-order valence-corrected chi connectivity index (χ1v) is 5.45. The number of carbonyl (C=O) groups is 3. The van der Waals surface area contributed by atoms with Crippen LogP contribution in [0.15, 0.2) is 12.7 Å². The van der Waals surface area contributed by atoms with Gasteiger partial charge in [-0.05, 0) is 18.9 Å². The molecule has 17 heavy (non-hydrogen) atoms. The fraction of sp³-hybridized carbons (Fsp3) is 0.545. The Kier molecular flexibility index (Phi) is 4.68. The molecule has 1 fully saturated rings. The number of amides is 2. The second kappa shape index (κ2) is 6.03. The Balaban J connectivity index is 2.36. The van der Waals surface area contributed by atoms with Gasteiger partial charge in [-0.3, -0.25) is 14.4 Å². The summed E-state index contributed by atoms with van der Waals surface area (Å²) in [5.74, 6) is -1.65. The van der Waals surface area contributed by atoms with Crippen molar-refractivity contribution in [3.8, 4) is 0 Å². The summed E-state index contributed by atoms with van der Waals surface area (Å²) in [5.41, 5.74) is 0. The predicted molar refractivity (Wildman–Crippen MR) is 60.1 cm³/mol. The van der Waals surface area contributed by atoms with Gasteiger partial charge >= 0.3 is 5.97 Å². The average Bonchev–Trinajstić information content (AvgIpc) is 2.35. The Hall–Kier alpha value is -1.85. The molecule has 0 atom stereocenters. The molecule has 2 amide bonds. The van der Waals surface area contributed by atoms with E-state index in [-0.39, 0.29) is 24.3 Å². The number of rotatable bonds is 4. The lowest BCUT2D eigenvalue weighted by Crippen LogP contribution is -2.43. The number of likely N-dealkylation sites (tertiary alicyclic amines) is 1. The van der Waals surface area contributed by atoms with Gasteiger partial charge in [-0.15, -0.1) is 0 Å². The first-order valence-electron chi connectivity index (χ1n) is 5.45. The Bertz CT molecular complexity index is 332. The lowest BCUT2D eigenvalue weighted by molar-refractivity contribution is -0.139. The van der Waals surface area contributed by atoms with Gasteiger partial charge in [0.25, 0.3) is 0 Å². The standard InChI is InChI=1S/C11H16N2O4/c1-2-9(14)13-5-3-8(4-6-13)11(17)12-7-10(15)16/h2,8H,1,3-7H2,(H,12,17)(H,15,16). The highest BCUT2D eigenvalue weighted by Gasteiger charge is 2.26. The van der Waals surface area contributed by atoms with Crippen LogP contribution in [0.2, 0.25) is 0 Å². The van der Waals surface area contributed by atoms with Crippen molar-refractivity contribution in [3.05, 3.63) is 12.7 Å². The molecule has 94 valence electrons. The molecular formula is C11H16N2O4. The maximum absolute atomic E-state index is 11.6. The highest BCUT2D eigenvalue weighted by Crippen LogP contribution is 2.17. The molecule has 2 N–H and O–H groups in total. The molecule has 1 aliphatic rings. The van der Waals surface area contributed by atoms with E-state index in [1.807, 2.05) is 0 Å². The topological polar surface area (TPSA) is 86.7 Å². The van der Waals surface area contributed by atoms with E-state index in [2.05, 4.69) is 11.9 Å². The normalized spacial score (nSPS) is 16.4. The van der Waals surface area contributed by atoms with Gasteiger partial charge in [0.1, 0.15) is 6.54 Å². The molecule has 0 aromatic carbocycles. The zero-order valence-electron chi connectivity index (χ0n) is 9.52. The van der Waals surface area contributed by atoms with E-state index in [0.29, 0.717) is 25.9 Å². The van der Waals surface area contributed by atoms with Crippen molar-refractivity contribution in [3.63, 3.8) is 0 Å². The lowest BCUT2D eigenvalue weighted by atomic mass is 9.96. The molecule has 0 aromatic heterocycles. The smallest absolute Gasteiger partial charge is 0.322 e. The molecule has 0 aromatic rings. The van der Waals surface area contributed by atoms with Crippen LogP contribution in [0.1, 0.15) is 12.8 Å². The number of nitrogens with zero attached hydrogens (tertiary/aromatic N) is 1. The summed E-state index contributed by atoms with van der Waals surface area (Å²) >= 11 is 0. The molecule has 1 rings (SSSR count). The summed E-state index contributed by atoms with van der Waals surface area (Å²) in [6.07, 6.45) is 2.38. The molecule has 6 nitrogen and oxygen atoms in total. The number of carboxylic acid groups (broad SMARTS) is 1. The summed E-state index contributed by atoms with van der Waals surface area (Å²) in [6, 6.07) is 0. The van der Waals surface area contributed by atoms with Crippen LogP contribution in [-0.2, 0) is 14.4 Å². The number of hydrogen-bond acceptors (Lipinski definition) is 3. The van der Waals surface area contributed by atoms with Crippen LogP contribution in [0.5, 0.6) is 0 Å². The summed E-state index contributed by atoms with van der Waals surface area (Å²) in [6.45, 7) is 4.07. The third kappa shape index (κ3) is 3.90. The van der Waals surface area contributed by atoms with Crippen LogP contribution in [0.4, 0.5) is 0 Å². The van der Waals surface area contributed by atoms with Gasteiger partial charge in [0.2, 0.25) is 11.8 Å². The van der Waals surface area contributed by atoms with Crippen molar-refractivity contribution in [1.29, 1.82) is 0 Å². The van der Waals surface area contributed by atoms with Crippen LogP contribution in [0.3, 0.4) is 0 Å². The highest BCUT2D eigenvalue weighted by atomic mass is 16.4. The highest BCUT2D eigenvalue weighted by molar-refractivity contribution is 5.87. The maximum atomic E-state index is 11.6. The minimum atomic E-state index is -1.06. The molecule has 0 aliphatic carbocycles. The molecule has 0 radical (unpaired) electrons. The number of aliphatic carboxylic acids is 1. The van der Waals surface area contributed by atoms with Crippen molar-refractivity contribution >= 4 is 17.8 Å². The van der Waals surface area contributed by atoms with E-state index < -0.39 is 5.97 Å². The van der Waals surface area contributed by atoms with Crippen LogP contribution in [-0.4, -0.2) is 47.4 Å². The number of hydrogen-bond donors (Lipinski definition) is 2. The lowest BCUT2D eigenvalue weighted by Gasteiger charge is -2.30. The van der Waals surface area contributed by atoms with Crippen LogP contribution < -0.4 is 5.32 Å². The van der Waals surface area contributed by atoms with Crippen LogP contribution >= 0.6 is 0 Å². The molecule has 6 heteroatoms. The van der Waals surface area contributed by atoms with E-state index in [4.69, 9.17) is 5.11 Å². The maximum Gasteiger partial charge on any atom is 0.322 e. The monoisotopic (exact) mass is 240 g/mol. The fourth-order valence-electron chi connectivity index (χ4n) is 1.80. The zero-order chi connectivity index (χ0) is 12.8. The first kappa shape index (κ1) is 13.2. The van der Waals surface area contributed by atoms with Crippen molar-refractivity contribution < 1.29 is 19.5 Å². The van der Waals surface area contributed by atoms with Crippen molar-refractivity contribution in [1.82, 2.24) is 10.2 Å². The van der Waals surface area contributed by atoms with Gasteiger partial charge in [0.05, 0.1) is 0 Å².